The maximum absolute atomic E-state index is 3.96. The molecule has 0 aliphatic carbocycles. The summed E-state index contributed by atoms with van der Waals surface area (Å²) in [6.45, 7) is 0.834. The van der Waals surface area contributed by atoms with E-state index in [1.165, 1.54) is 27.2 Å². The summed E-state index contributed by atoms with van der Waals surface area (Å²) in [6.07, 6.45) is 0. The standard InChI is InChI=1S/C11H10N4S2/c1-15(11-12-13-14-17-11)6-8-7-16-10-5-3-2-4-9(8)10/h2-5,7H,6H2,1H3. The minimum absolute atomic E-state index is 0.834. The van der Waals surface area contributed by atoms with E-state index in [0.29, 0.717) is 0 Å². The van der Waals surface area contributed by atoms with Crippen LogP contribution in [0.25, 0.3) is 10.1 Å². The Kier molecular flexibility index (Phi) is 2.74. The van der Waals surface area contributed by atoms with Crippen LogP contribution in [-0.2, 0) is 6.54 Å². The number of fused-ring (bicyclic) bond motifs is 1. The van der Waals surface area contributed by atoms with Gasteiger partial charge in [0.05, 0.1) is 0 Å². The molecule has 0 N–H and O–H groups in total. The summed E-state index contributed by atoms with van der Waals surface area (Å²) in [5.74, 6) is 0. The summed E-state index contributed by atoms with van der Waals surface area (Å²) < 4.78 is 5.10. The molecule has 0 atom stereocenters. The lowest BCUT2D eigenvalue weighted by Crippen LogP contribution is -2.15. The molecule has 0 aliphatic rings. The normalized spacial score (nSPS) is 10.9. The molecule has 0 fully saturated rings. The Morgan fingerprint density at radius 2 is 2.18 bits per heavy atom. The Bertz CT molecular complexity index is 617. The van der Waals surface area contributed by atoms with Crippen molar-refractivity contribution < 1.29 is 0 Å². The van der Waals surface area contributed by atoms with Crippen molar-refractivity contribution in [1.82, 2.24) is 14.8 Å². The van der Waals surface area contributed by atoms with Crippen LogP contribution in [0.15, 0.2) is 29.6 Å². The number of hydrogen-bond donors (Lipinski definition) is 0. The van der Waals surface area contributed by atoms with Gasteiger partial charge in [-0.3, -0.25) is 0 Å². The lowest BCUT2D eigenvalue weighted by Gasteiger charge is -2.13. The van der Waals surface area contributed by atoms with Crippen LogP contribution in [0.4, 0.5) is 5.13 Å². The first-order chi connectivity index (χ1) is 8.34. The van der Waals surface area contributed by atoms with E-state index in [1.807, 2.05) is 7.05 Å². The maximum atomic E-state index is 3.96. The molecule has 0 saturated carbocycles. The lowest BCUT2D eigenvalue weighted by molar-refractivity contribution is 0.879. The van der Waals surface area contributed by atoms with E-state index in [0.717, 1.165) is 11.7 Å². The fourth-order valence-corrected chi connectivity index (χ4v) is 3.13. The largest absolute Gasteiger partial charge is 0.344 e. The molecule has 17 heavy (non-hydrogen) atoms. The second-order valence-corrected chi connectivity index (χ2v) is 5.38. The van der Waals surface area contributed by atoms with Gasteiger partial charge in [-0.15, -0.1) is 11.3 Å². The molecule has 0 saturated heterocycles. The van der Waals surface area contributed by atoms with Gasteiger partial charge in [-0.05, 0) is 27.6 Å². The van der Waals surface area contributed by atoms with Crippen LogP contribution in [0.5, 0.6) is 0 Å². The zero-order valence-electron chi connectivity index (χ0n) is 9.20. The van der Waals surface area contributed by atoms with Crippen LogP contribution in [0.3, 0.4) is 0 Å². The van der Waals surface area contributed by atoms with Gasteiger partial charge in [0.25, 0.3) is 0 Å². The molecule has 0 bridgehead atoms. The van der Waals surface area contributed by atoms with Crippen LogP contribution >= 0.6 is 22.9 Å². The SMILES string of the molecule is CN(Cc1csc2ccccc12)c1nnns1. The zero-order valence-corrected chi connectivity index (χ0v) is 10.8. The van der Waals surface area contributed by atoms with Gasteiger partial charge in [-0.2, -0.15) is 0 Å². The van der Waals surface area contributed by atoms with Crippen LogP contribution in [-0.4, -0.2) is 21.8 Å². The van der Waals surface area contributed by atoms with Crippen LogP contribution in [0.1, 0.15) is 5.56 Å². The predicted molar refractivity (Wildman–Crippen MR) is 71.6 cm³/mol. The van der Waals surface area contributed by atoms with E-state index in [4.69, 9.17) is 0 Å². The van der Waals surface area contributed by atoms with Crippen molar-refractivity contribution in [1.29, 1.82) is 0 Å². The summed E-state index contributed by atoms with van der Waals surface area (Å²) in [7, 11) is 2.01. The fourth-order valence-electron chi connectivity index (χ4n) is 1.75. The Hall–Kier alpha value is -1.53. The van der Waals surface area contributed by atoms with Gasteiger partial charge in [0.15, 0.2) is 0 Å². The van der Waals surface area contributed by atoms with Gasteiger partial charge in [0.1, 0.15) is 0 Å². The molecule has 0 spiro atoms. The van der Waals surface area contributed by atoms with E-state index in [9.17, 15) is 0 Å². The molecule has 0 radical (unpaired) electrons. The summed E-state index contributed by atoms with van der Waals surface area (Å²) in [6, 6.07) is 8.45. The quantitative estimate of drug-likeness (QED) is 0.728. The molecule has 1 aromatic carbocycles. The van der Waals surface area contributed by atoms with Crippen LogP contribution in [0, 0.1) is 0 Å². The average Bonchev–Trinajstić information content (AvgIpc) is 2.98. The molecule has 86 valence electrons. The van der Waals surface area contributed by atoms with Crippen molar-refractivity contribution in [2.75, 3.05) is 11.9 Å². The number of nitrogens with zero attached hydrogens (tertiary/aromatic N) is 4. The molecule has 4 nitrogen and oxygen atoms in total. The van der Waals surface area contributed by atoms with E-state index in [2.05, 4.69) is 49.3 Å². The first kappa shape index (κ1) is 10.6. The van der Waals surface area contributed by atoms with Gasteiger partial charge >= 0.3 is 0 Å². The Morgan fingerprint density at radius 1 is 1.29 bits per heavy atom. The molecule has 6 heteroatoms. The summed E-state index contributed by atoms with van der Waals surface area (Å²) in [4.78, 5) is 2.07. The maximum Gasteiger partial charge on any atom is 0.227 e. The third kappa shape index (κ3) is 2.01. The monoisotopic (exact) mass is 262 g/mol. The number of rotatable bonds is 3. The molecular weight excluding hydrogens is 252 g/mol. The van der Waals surface area contributed by atoms with Crippen molar-refractivity contribution in [2.45, 2.75) is 6.54 Å². The van der Waals surface area contributed by atoms with Crippen molar-refractivity contribution in [2.24, 2.45) is 0 Å². The summed E-state index contributed by atoms with van der Waals surface area (Å²) in [5, 5.41) is 12.0. The van der Waals surface area contributed by atoms with Gasteiger partial charge in [-0.1, -0.05) is 27.8 Å². The number of hydrogen-bond acceptors (Lipinski definition) is 6. The van der Waals surface area contributed by atoms with Crippen molar-refractivity contribution in [3.05, 3.63) is 35.2 Å². The number of aromatic nitrogens is 3. The molecule has 2 aromatic heterocycles. The Balaban J connectivity index is 1.90. The molecular formula is C11H10N4S2. The number of benzene rings is 1. The molecule has 3 aromatic rings. The van der Waals surface area contributed by atoms with E-state index in [1.54, 1.807) is 11.3 Å². The van der Waals surface area contributed by atoms with E-state index < -0.39 is 0 Å². The van der Waals surface area contributed by atoms with E-state index in [-0.39, 0.29) is 0 Å². The summed E-state index contributed by atoms with van der Waals surface area (Å²) in [5.41, 5.74) is 1.32. The topological polar surface area (TPSA) is 41.9 Å². The highest BCUT2D eigenvalue weighted by molar-refractivity contribution is 7.17. The van der Waals surface area contributed by atoms with Crippen LogP contribution < -0.4 is 4.90 Å². The van der Waals surface area contributed by atoms with Crippen molar-refractivity contribution in [3.8, 4) is 0 Å². The number of anilines is 1. The van der Waals surface area contributed by atoms with E-state index >= 15 is 0 Å². The predicted octanol–water partition coefficient (Wildman–Crippen LogP) is 2.78. The summed E-state index contributed by atoms with van der Waals surface area (Å²) >= 11 is 3.09. The fraction of sp³-hybridized carbons (Fsp3) is 0.182. The Morgan fingerprint density at radius 3 is 3.00 bits per heavy atom. The minimum atomic E-state index is 0.834. The number of thiophene rings is 1. The second kappa shape index (κ2) is 4.38. The zero-order chi connectivity index (χ0) is 11.7. The molecule has 0 aliphatic heterocycles. The molecule has 0 unspecified atom stereocenters. The van der Waals surface area contributed by atoms with Crippen LogP contribution in [0.2, 0.25) is 0 Å². The first-order valence-corrected chi connectivity index (χ1v) is 6.81. The van der Waals surface area contributed by atoms with Gasteiger partial charge < -0.3 is 4.90 Å². The minimum Gasteiger partial charge on any atom is -0.344 e. The van der Waals surface area contributed by atoms with Crippen molar-refractivity contribution in [3.63, 3.8) is 0 Å². The van der Waals surface area contributed by atoms with Crippen molar-refractivity contribution >= 4 is 38.1 Å². The third-order valence-electron chi connectivity index (χ3n) is 2.58. The average molecular weight is 262 g/mol. The third-order valence-corrected chi connectivity index (χ3v) is 4.31. The second-order valence-electron chi connectivity index (χ2n) is 3.76. The van der Waals surface area contributed by atoms with Gasteiger partial charge in [0, 0.05) is 29.8 Å². The highest BCUT2D eigenvalue weighted by Gasteiger charge is 2.09. The molecule has 3 rings (SSSR count). The molecule has 2 heterocycles. The highest BCUT2D eigenvalue weighted by Crippen LogP contribution is 2.27. The lowest BCUT2D eigenvalue weighted by atomic mass is 10.2. The molecule has 0 amide bonds. The smallest absolute Gasteiger partial charge is 0.227 e. The first-order valence-electron chi connectivity index (χ1n) is 5.16. The Labute approximate surface area is 107 Å². The van der Waals surface area contributed by atoms with Gasteiger partial charge in [0.2, 0.25) is 5.13 Å². The highest BCUT2D eigenvalue weighted by atomic mass is 32.1. The van der Waals surface area contributed by atoms with Gasteiger partial charge in [-0.25, -0.2) is 0 Å².